The molecule has 0 fully saturated rings. The predicted molar refractivity (Wildman–Crippen MR) is 70.4 cm³/mol. The molecule has 0 spiro atoms. The van der Waals surface area contributed by atoms with E-state index in [0.717, 1.165) is 16.7 Å². The van der Waals surface area contributed by atoms with Crippen LogP contribution in [0.15, 0.2) is 30.9 Å². The van der Waals surface area contributed by atoms with Crippen LogP contribution in [0.5, 0.6) is 0 Å². The summed E-state index contributed by atoms with van der Waals surface area (Å²) in [5, 5.41) is 4.13. The Bertz CT molecular complexity index is 460. The first-order chi connectivity index (χ1) is 8.16. The average Bonchev–Trinajstić information content (AvgIpc) is 2.79. The zero-order valence-corrected chi connectivity index (χ0v) is 10.9. The molecule has 0 saturated carbocycles. The van der Waals surface area contributed by atoms with Crippen molar-refractivity contribution in [3.63, 3.8) is 0 Å². The molecule has 2 aromatic rings. The second-order valence-corrected chi connectivity index (χ2v) is 3.70. The molecule has 2 heterocycles. The Hall–Kier alpha value is -1.68. The van der Waals surface area contributed by atoms with Gasteiger partial charge in [0.25, 0.3) is 0 Å². The van der Waals surface area contributed by atoms with Crippen LogP contribution in [0, 0.1) is 0 Å². The van der Waals surface area contributed by atoms with E-state index in [1.807, 2.05) is 46.4 Å². The number of nitrogens with two attached hydrogens (primary N) is 1. The molecule has 0 saturated heterocycles. The Balaban J connectivity index is 0.000000686. The number of nitrogens with zero attached hydrogens (tertiary/aromatic N) is 3. The first kappa shape index (κ1) is 13.4. The van der Waals surface area contributed by atoms with Crippen molar-refractivity contribution < 1.29 is 0 Å². The van der Waals surface area contributed by atoms with Crippen molar-refractivity contribution in [2.45, 2.75) is 26.8 Å². The maximum absolute atomic E-state index is 5.81. The SMILES string of the molecule is CC.C[C@H](N)c1cncc(-c2cnn(C)c2)c1. The van der Waals surface area contributed by atoms with Crippen molar-refractivity contribution in [2.24, 2.45) is 12.8 Å². The molecule has 17 heavy (non-hydrogen) atoms. The van der Waals surface area contributed by atoms with Crippen LogP contribution in [-0.2, 0) is 7.05 Å². The van der Waals surface area contributed by atoms with Crippen LogP contribution < -0.4 is 5.73 Å². The van der Waals surface area contributed by atoms with Crippen molar-refractivity contribution in [3.05, 3.63) is 36.4 Å². The van der Waals surface area contributed by atoms with E-state index in [9.17, 15) is 0 Å². The molecule has 1 atom stereocenters. The van der Waals surface area contributed by atoms with E-state index in [-0.39, 0.29) is 6.04 Å². The summed E-state index contributed by atoms with van der Waals surface area (Å²) in [7, 11) is 1.90. The second-order valence-electron chi connectivity index (χ2n) is 3.70. The zero-order valence-electron chi connectivity index (χ0n) is 10.9. The monoisotopic (exact) mass is 232 g/mol. The van der Waals surface area contributed by atoms with Crippen LogP contribution >= 0.6 is 0 Å². The Morgan fingerprint density at radius 1 is 1.18 bits per heavy atom. The predicted octanol–water partition coefficient (Wildman–Crippen LogP) is 2.53. The third kappa shape index (κ3) is 3.39. The number of pyridine rings is 1. The van der Waals surface area contributed by atoms with Crippen LogP contribution in [-0.4, -0.2) is 14.8 Å². The Morgan fingerprint density at radius 2 is 1.88 bits per heavy atom. The number of rotatable bonds is 2. The summed E-state index contributed by atoms with van der Waals surface area (Å²) >= 11 is 0. The van der Waals surface area contributed by atoms with E-state index in [1.165, 1.54) is 0 Å². The summed E-state index contributed by atoms with van der Waals surface area (Å²) in [6.45, 7) is 5.95. The van der Waals surface area contributed by atoms with E-state index >= 15 is 0 Å². The van der Waals surface area contributed by atoms with Gasteiger partial charge < -0.3 is 5.73 Å². The lowest BCUT2D eigenvalue weighted by atomic mass is 10.1. The molecule has 2 rings (SSSR count). The lowest BCUT2D eigenvalue weighted by molar-refractivity contribution is 0.768. The molecule has 0 aliphatic rings. The molecule has 4 heteroatoms. The van der Waals surface area contributed by atoms with Gasteiger partial charge in [-0.15, -0.1) is 0 Å². The number of hydrogen-bond acceptors (Lipinski definition) is 3. The molecule has 2 aromatic heterocycles. The Morgan fingerprint density at radius 3 is 2.41 bits per heavy atom. The van der Waals surface area contributed by atoms with Crippen LogP contribution in [0.2, 0.25) is 0 Å². The van der Waals surface area contributed by atoms with Gasteiger partial charge in [-0.2, -0.15) is 5.10 Å². The molecule has 0 radical (unpaired) electrons. The number of hydrogen-bond donors (Lipinski definition) is 1. The maximum atomic E-state index is 5.81. The first-order valence-corrected chi connectivity index (χ1v) is 5.86. The molecule has 0 bridgehead atoms. The summed E-state index contributed by atoms with van der Waals surface area (Å²) in [6.07, 6.45) is 7.40. The van der Waals surface area contributed by atoms with Crippen molar-refractivity contribution in [3.8, 4) is 11.1 Å². The van der Waals surface area contributed by atoms with Crippen LogP contribution in [0.25, 0.3) is 11.1 Å². The van der Waals surface area contributed by atoms with Gasteiger partial charge in [-0.05, 0) is 18.6 Å². The molecular formula is C13H20N4. The van der Waals surface area contributed by atoms with E-state index in [4.69, 9.17) is 5.73 Å². The van der Waals surface area contributed by atoms with Crippen LogP contribution in [0.1, 0.15) is 32.4 Å². The molecule has 0 aromatic carbocycles. The average molecular weight is 232 g/mol. The van der Waals surface area contributed by atoms with Gasteiger partial charge in [0.15, 0.2) is 0 Å². The standard InChI is InChI=1S/C11H14N4.C2H6/c1-8(12)9-3-10(5-13-4-9)11-6-14-15(2)7-11;1-2/h3-8H,12H2,1-2H3;1-2H3/t8-;/m0./s1. The molecular weight excluding hydrogens is 212 g/mol. The summed E-state index contributed by atoms with van der Waals surface area (Å²) in [5.41, 5.74) is 8.96. The minimum atomic E-state index is 0.00845. The fourth-order valence-corrected chi connectivity index (χ4v) is 1.43. The minimum Gasteiger partial charge on any atom is -0.324 e. The highest BCUT2D eigenvalue weighted by Crippen LogP contribution is 2.20. The lowest BCUT2D eigenvalue weighted by Gasteiger charge is -2.05. The molecule has 4 nitrogen and oxygen atoms in total. The smallest absolute Gasteiger partial charge is 0.0568 e. The summed E-state index contributed by atoms with van der Waals surface area (Å²) in [4.78, 5) is 4.17. The third-order valence-corrected chi connectivity index (χ3v) is 2.32. The van der Waals surface area contributed by atoms with E-state index < -0.39 is 0 Å². The number of aryl methyl sites for hydroxylation is 1. The molecule has 92 valence electrons. The van der Waals surface area contributed by atoms with E-state index in [2.05, 4.69) is 16.1 Å². The number of aromatic nitrogens is 3. The van der Waals surface area contributed by atoms with Crippen molar-refractivity contribution in [1.29, 1.82) is 0 Å². The van der Waals surface area contributed by atoms with Gasteiger partial charge in [0.2, 0.25) is 0 Å². The van der Waals surface area contributed by atoms with Gasteiger partial charge in [0.05, 0.1) is 6.20 Å². The van der Waals surface area contributed by atoms with Gasteiger partial charge >= 0.3 is 0 Å². The third-order valence-electron chi connectivity index (χ3n) is 2.32. The van der Waals surface area contributed by atoms with E-state index in [0.29, 0.717) is 0 Å². The molecule has 0 aliphatic heterocycles. The highest BCUT2D eigenvalue weighted by Gasteiger charge is 2.04. The topological polar surface area (TPSA) is 56.7 Å². The van der Waals surface area contributed by atoms with Gasteiger partial charge in [-0.25, -0.2) is 0 Å². The van der Waals surface area contributed by atoms with Gasteiger partial charge in [0.1, 0.15) is 0 Å². The molecule has 0 unspecified atom stereocenters. The zero-order chi connectivity index (χ0) is 12.8. The Kier molecular flexibility index (Phi) is 4.84. The normalized spacial score (nSPS) is 11.6. The fourth-order valence-electron chi connectivity index (χ4n) is 1.43. The van der Waals surface area contributed by atoms with E-state index in [1.54, 1.807) is 10.9 Å². The summed E-state index contributed by atoms with van der Waals surface area (Å²) in [6, 6.07) is 2.06. The largest absolute Gasteiger partial charge is 0.324 e. The fraction of sp³-hybridized carbons (Fsp3) is 0.385. The highest BCUT2D eigenvalue weighted by molar-refractivity contribution is 5.61. The van der Waals surface area contributed by atoms with Crippen molar-refractivity contribution in [2.75, 3.05) is 0 Å². The second kappa shape index (κ2) is 6.15. The minimum absolute atomic E-state index is 0.00845. The summed E-state index contributed by atoms with van der Waals surface area (Å²) < 4.78 is 1.77. The Labute approximate surface area is 102 Å². The van der Waals surface area contributed by atoms with Crippen molar-refractivity contribution >= 4 is 0 Å². The molecule has 0 amide bonds. The van der Waals surface area contributed by atoms with Crippen LogP contribution in [0.3, 0.4) is 0 Å². The first-order valence-electron chi connectivity index (χ1n) is 5.86. The van der Waals surface area contributed by atoms with Crippen molar-refractivity contribution in [1.82, 2.24) is 14.8 Å². The quantitative estimate of drug-likeness (QED) is 0.865. The molecule has 2 N–H and O–H groups in total. The maximum Gasteiger partial charge on any atom is 0.0568 e. The van der Waals surface area contributed by atoms with Gasteiger partial charge in [0, 0.05) is 42.8 Å². The summed E-state index contributed by atoms with van der Waals surface area (Å²) in [5.74, 6) is 0. The molecule has 0 aliphatic carbocycles. The highest BCUT2D eigenvalue weighted by atomic mass is 15.2. The lowest BCUT2D eigenvalue weighted by Crippen LogP contribution is -2.05. The van der Waals surface area contributed by atoms with Crippen LogP contribution in [0.4, 0.5) is 0 Å². The van der Waals surface area contributed by atoms with Gasteiger partial charge in [-0.1, -0.05) is 13.8 Å². The van der Waals surface area contributed by atoms with Gasteiger partial charge in [-0.3, -0.25) is 9.67 Å².